The summed E-state index contributed by atoms with van der Waals surface area (Å²) in [5.41, 5.74) is 4.58. The van der Waals surface area contributed by atoms with Crippen molar-refractivity contribution in [1.82, 2.24) is 15.1 Å². The van der Waals surface area contributed by atoms with Crippen LogP contribution in [0.4, 0.5) is 0 Å². The summed E-state index contributed by atoms with van der Waals surface area (Å²) in [5.74, 6) is -0.216. The summed E-state index contributed by atoms with van der Waals surface area (Å²) < 4.78 is 1.78. The molecule has 118 valence electrons. The highest BCUT2D eigenvalue weighted by atomic mass is 16.3. The molecule has 0 radical (unpaired) electrons. The van der Waals surface area contributed by atoms with Gasteiger partial charge in [-0.3, -0.25) is 4.79 Å². The van der Waals surface area contributed by atoms with Crippen LogP contribution in [-0.4, -0.2) is 33.4 Å². The standard InChI is InChI=1S/C17H23N3O2/c1-11-7-12(2)9-15(8-11)20-13(3)10-16(19-20)17(22)18-6-5-14(4)21/h7-10,14,21H,5-6H2,1-4H3,(H,18,22). The van der Waals surface area contributed by atoms with Crippen LogP contribution in [0.25, 0.3) is 5.69 Å². The topological polar surface area (TPSA) is 67.2 Å². The number of aromatic nitrogens is 2. The smallest absolute Gasteiger partial charge is 0.271 e. The number of aliphatic hydroxyl groups excluding tert-OH is 1. The van der Waals surface area contributed by atoms with E-state index in [0.717, 1.165) is 22.5 Å². The molecule has 1 amide bonds. The third-order valence-corrected chi connectivity index (χ3v) is 3.42. The van der Waals surface area contributed by atoms with Crippen molar-refractivity contribution >= 4 is 5.91 Å². The molecule has 1 aromatic heterocycles. The molecule has 1 atom stereocenters. The Morgan fingerprint density at radius 1 is 1.23 bits per heavy atom. The largest absolute Gasteiger partial charge is 0.393 e. The molecule has 2 aromatic rings. The number of nitrogens with one attached hydrogen (secondary N) is 1. The molecule has 0 saturated carbocycles. The predicted octanol–water partition coefficient (Wildman–Crippen LogP) is 2.30. The molecule has 0 saturated heterocycles. The average Bonchev–Trinajstić information content (AvgIpc) is 2.79. The predicted molar refractivity (Wildman–Crippen MR) is 86.4 cm³/mol. The number of aryl methyl sites for hydroxylation is 3. The lowest BCUT2D eigenvalue weighted by atomic mass is 10.1. The molecule has 5 nitrogen and oxygen atoms in total. The Balaban J connectivity index is 2.19. The van der Waals surface area contributed by atoms with Gasteiger partial charge in [-0.25, -0.2) is 4.68 Å². The van der Waals surface area contributed by atoms with Crippen LogP contribution in [0.15, 0.2) is 24.3 Å². The molecule has 5 heteroatoms. The Labute approximate surface area is 131 Å². The molecule has 2 rings (SSSR count). The van der Waals surface area contributed by atoms with Gasteiger partial charge in [0.1, 0.15) is 0 Å². The van der Waals surface area contributed by atoms with E-state index in [1.165, 1.54) is 0 Å². The summed E-state index contributed by atoms with van der Waals surface area (Å²) in [4.78, 5) is 12.1. The number of hydrogen-bond donors (Lipinski definition) is 2. The highest BCUT2D eigenvalue weighted by Crippen LogP contribution is 2.16. The third-order valence-electron chi connectivity index (χ3n) is 3.42. The zero-order valence-corrected chi connectivity index (χ0v) is 13.6. The number of hydrogen-bond acceptors (Lipinski definition) is 3. The molecular formula is C17H23N3O2. The first-order valence-electron chi connectivity index (χ1n) is 7.48. The lowest BCUT2D eigenvalue weighted by Gasteiger charge is -2.07. The molecule has 1 heterocycles. The van der Waals surface area contributed by atoms with Gasteiger partial charge in [0.05, 0.1) is 11.8 Å². The first-order valence-corrected chi connectivity index (χ1v) is 7.48. The minimum Gasteiger partial charge on any atom is -0.393 e. The fourth-order valence-corrected chi connectivity index (χ4v) is 2.40. The molecule has 0 fully saturated rings. The van der Waals surface area contributed by atoms with Crippen LogP contribution in [0.2, 0.25) is 0 Å². The number of aliphatic hydroxyl groups is 1. The fourth-order valence-electron chi connectivity index (χ4n) is 2.40. The maximum Gasteiger partial charge on any atom is 0.271 e. The van der Waals surface area contributed by atoms with E-state index in [0.29, 0.717) is 18.7 Å². The summed E-state index contributed by atoms with van der Waals surface area (Å²) in [6, 6.07) is 7.96. The Morgan fingerprint density at radius 2 is 1.86 bits per heavy atom. The van der Waals surface area contributed by atoms with Gasteiger partial charge in [-0.1, -0.05) is 6.07 Å². The van der Waals surface area contributed by atoms with Gasteiger partial charge in [0.25, 0.3) is 5.91 Å². The number of carbonyl (C=O) groups is 1. The van der Waals surface area contributed by atoms with Crippen molar-refractivity contribution in [2.45, 2.75) is 40.2 Å². The normalized spacial score (nSPS) is 12.2. The van der Waals surface area contributed by atoms with Crippen LogP contribution < -0.4 is 5.32 Å². The molecule has 2 N–H and O–H groups in total. The monoisotopic (exact) mass is 301 g/mol. The Kier molecular flexibility index (Phi) is 4.98. The van der Waals surface area contributed by atoms with E-state index in [1.807, 2.05) is 32.9 Å². The van der Waals surface area contributed by atoms with Gasteiger partial charge in [-0.15, -0.1) is 0 Å². The van der Waals surface area contributed by atoms with Crippen LogP contribution in [0.1, 0.15) is 40.7 Å². The molecule has 0 aliphatic heterocycles. The van der Waals surface area contributed by atoms with Crippen LogP contribution in [0.3, 0.4) is 0 Å². The van der Waals surface area contributed by atoms with Crippen LogP contribution in [-0.2, 0) is 0 Å². The van der Waals surface area contributed by atoms with Gasteiger partial charge in [0.15, 0.2) is 5.69 Å². The number of benzene rings is 1. The highest BCUT2D eigenvalue weighted by Gasteiger charge is 2.13. The van der Waals surface area contributed by atoms with Crippen molar-refractivity contribution in [1.29, 1.82) is 0 Å². The molecule has 0 aliphatic rings. The Morgan fingerprint density at radius 3 is 2.45 bits per heavy atom. The Bertz CT molecular complexity index is 654. The van der Waals surface area contributed by atoms with E-state index >= 15 is 0 Å². The van der Waals surface area contributed by atoms with Crippen molar-refractivity contribution in [2.24, 2.45) is 0 Å². The second-order valence-corrected chi connectivity index (χ2v) is 5.82. The zero-order valence-electron chi connectivity index (χ0n) is 13.6. The number of carbonyl (C=O) groups excluding carboxylic acids is 1. The quantitative estimate of drug-likeness (QED) is 0.890. The summed E-state index contributed by atoms with van der Waals surface area (Å²) >= 11 is 0. The van der Waals surface area contributed by atoms with Crippen molar-refractivity contribution in [3.63, 3.8) is 0 Å². The van der Waals surface area contributed by atoms with Gasteiger partial charge in [-0.05, 0) is 63.4 Å². The second-order valence-electron chi connectivity index (χ2n) is 5.82. The molecule has 0 aliphatic carbocycles. The summed E-state index contributed by atoms with van der Waals surface area (Å²) in [6.45, 7) is 8.15. The molecule has 0 spiro atoms. The van der Waals surface area contributed by atoms with E-state index in [9.17, 15) is 9.90 Å². The van der Waals surface area contributed by atoms with Crippen LogP contribution >= 0.6 is 0 Å². The second kappa shape index (κ2) is 6.75. The van der Waals surface area contributed by atoms with Crippen LogP contribution in [0.5, 0.6) is 0 Å². The number of rotatable bonds is 5. The van der Waals surface area contributed by atoms with Gasteiger partial charge < -0.3 is 10.4 Å². The van der Waals surface area contributed by atoms with Gasteiger partial charge >= 0.3 is 0 Å². The number of nitrogens with zero attached hydrogens (tertiary/aromatic N) is 2. The van der Waals surface area contributed by atoms with E-state index in [2.05, 4.69) is 16.5 Å². The van der Waals surface area contributed by atoms with E-state index in [-0.39, 0.29) is 5.91 Å². The van der Waals surface area contributed by atoms with Crippen LogP contribution in [0, 0.1) is 20.8 Å². The van der Waals surface area contributed by atoms with E-state index < -0.39 is 6.10 Å². The van der Waals surface area contributed by atoms with Crippen molar-refractivity contribution in [2.75, 3.05) is 6.54 Å². The maximum atomic E-state index is 12.1. The minimum absolute atomic E-state index is 0.216. The first-order chi connectivity index (χ1) is 10.4. The SMILES string of the molecule is Cc1cc(C)cc(-n2nc(C(=O)NCCC(C)O)cc2C)c1. The average molecular weight is 301 g/mol. The summed E-state index contributed by atoms with van der Waals surface area (Å²) in [7, 11) is 0. The highest BCUT2D eigenvalue weighted by molar-refractivity contribution is 5.92. The summed E-state index contributed by atoms with van der Waals surface area (Å²) in [5, 5.41) is 16.4. The third kappa shape index (κ3) is 3.95. The first kappa shape index (κ1) is 16.2. The fraction of sp³-hybridized carbons (Fsp3) is 0.412. The van der Waals surface area contributed by atoms with Crippen molar-refractivity contribution in [3.8, 4) is 5.69 Å². The lowest BCUT2D eigenvalue weighted by molar-refractivity contribution is 0.0940. The Hall–Kier alpha value is -2.14. The van der Waals surface area contributed by atoms with E-state index in [4.69, 9.17) is 0 Å². The van der Waals surface area contributed by atoms with E-state index in [1.54, 1.807) is 17.7 Å². The number of amides is 1. The molecule has 1 unspecified atom stereocenters. The van der Waals surface area contributed by atoms with Gasteiger partial charge in [0.2, 0.25) is 0 Å². The zero-order chi connectivity index (χ0) is 16.3. The lowest BCUT2D eigenvalue weighted by Crippen LogP contribution is -2.27. The summed E-state index contributed by atoms with van der Waals surface area (Å²) in [6.07, 6.45) is 0.109. The molecule has 22 heavy (non-hydrogen) atoms. The molecule has 1 aromatic carbocycles. The van der Waals surface area contributed by atoms with Gasteiger partial charge in [0, 0.05) is 12.2 Å². The van der Waals surface area contributed by atoms with Crippen molar-refractivity contribution < 1.29 is 9.90 Å². The maximum absolute atomic E-state index is 12.1. The van der Waals surface area contributed by atoms with Crippen molar-refractivity contribution in [3.05, 3.63) is 46.8 Å². The van der Waals surface area contributed by atoms with Gasteiger partial charge in [-0.2, -0.15) is 5.10 Å². The minimum atomic E-state index is -0.421. The molecule has 0 bridgehead atoms. The molecular weight excluding hydrogens is 278 g/mol.